The van der Waals surface area contributed by atoms with Gasteiger partial charge in [0.1, 0.15) is 24.3 Å². The summed E-state index contributed by atoms with van der Waals surface area (Å²) < 4.78 is 7.57. The Morgan fingerprint density at radius 2 is 1.64 bits per heavy atom. The SMILES string of the molecule is C[C@H](O)c1nccn1C(/C=C/c1ccc(-c2ccc(OCC(CO)N(C)C)cc2)cc1)CO. The van der Waals surface area contributed by atoms with Crippen LogP contribution in [0.4, 0.5) is 0 Å². The van der Waals surface area contributed by atoms with Crippen LogP contribution >= 0.6 is 0 Å². The van der Waals surface area contributed by atoms with Crippen LogP contribution in [0, 0.1) is 0 Å². The van der Waals surface area contributed by atoms with Crippen molar-refractivity contribution < 1.29 is 20.1 Å². The average Bonchev–Trinajstić information content (AvgIpc) is 3.31. The standard InChI is InChI=1S/C26H33N3O4/c1-19(32)26-27-14-15-29(26)23(16-30)11-6-20-4-7-21(8-5-20)22-9-12-25(13-10-22)33-18-24(17-31)28(2)3/h4-15,19,23-24,30-32H,16-18H2,1-3H3/b11-6+/t19-,23?,24?/m0/s1. The summed E-state index contributed by atoms with van der Waals surface area (Å²) in [5, 5.41) is 29.1. The molecule has 0 saturated carbocycles. The first-order chi connectivity index (χ1) is 15.9. The van der Waals surface area contributed by atoms with Crippen molar-refractivity contribution in [2.24, 2.45) is 0 Å². The van der Waals surface area contributed by atoms with Crippen molar-refractivity contribution in [3.63, 3.8) is 0 Å². The summed E-state index contributed by atoms with van der Waals surface area (Å²) in [7, 11) is 3.83. The monoisotopic (exact) mass is 451 g/mol. The first kappa shape index (κ1) is 24.7. The van der Waals surface area contributed by atoms with E-state index < -0.39 is 6.10 Å². The molecule has 0 aliphatic heterocycles. The molecule has 3 rings (SSSR count). The van der Waals surface area contributed by atoms with E-state index in [1.54, 1.807) is 23.9 Å². The van der Waals surface area contributed by atoms with Crippen LogP contribution in [-0.4, -0.2) is 69.7 Å². The van der Waals surface area contributed by atoms with Gasteiger partial charge in [0.25, 0.3) is 0 Å². The Kier molecular flexibility index (Phi) is 8.79. The molecule has 176 valence electrons. The Labute approximate surface area is 195 Å². The number of aromatic nitrogens is 2. The van der Waals surface area contributed by atoms with Crippen molar-refractivity contribution in [1.29, 1.82) is 0 Å². The molecule has 3 aromatic rings. The molecule has 0 amide bonds. The minimum atomic E-state index is -0.706. The molecule has 3 N–H and O–H groups in total. The highest BCUT2D eigenvalue weighted by Crippen LogP contribution is 2.24. The zero-order valence-corrected chi connectivity index (χ0v) is 19.4. The number of hydrogen-bond donors (Lipinski definition) is 3. The average molecular weight is 452 g/mol. The third-order valence-electron chi connectivity index (χ3n) is 5.61. The normalized spacial score (nSPS) is 14.5. The number of imidazole rings is 1. The lowest BCUT2D eigenvalue weighted by Gasteiger charge is -2.22. The van der Waals surface area contributed by atoms with Gasteiger partial charge in [-0.3, -0.25) is 0 Å². The second kappa shape index (κ2) is 11.8. The van der Waals surface area contributed by atoms with E-state index in [1.807, 2.05) is 67.5 Å². The van der Waals surface area contributed by atoms with E-state index in [0.29, 0.717) is 12.4 Å². The molecule has 0 aliphatic carbocycles. The molecule has 0 spiro atoms. The van der Waals surface area contributed by atoms with Gasteiger partial charge in [-0.25, -0.2) is 4.98 Å². The van der Waals surface area contributed by atoms with E-state index in [9.17, 15) is 15.3 Å². The van der Waals surface area contributed by atoms with Gasteiger partial charge in [0.15, 0.2) is 0 Å². The molecule has 0 aliphatic rings. The van der Waals surface area contributed by atoms with Crippen LogP contribution < -0.4 is 4.74 Å². The van der Waals surface area contributed by atoms with E-state index in [4.69, 9.17) is 4.74 Å². The van der Waals surface area contributed by atoms with Gasteiger partial charge in [0.05, 0.1) is 25.3 Å². The minimum Gasteiger partial charge on any atom is -0.492 e. The molecular formula is C26H33N3O4. The Balaban J connectivity index is 1.64. The summed E-state index contributed by atoms with van der Waals surface area (Å²) in [6.45, 7) is 2.04. The Morgan fingerprint density at radius 1 is 1.00 bits per heavy atom. The second-order valence-corrected chi connectivity index (χ2v) is 8.24. The topological polar surface area (TPSA) is 91.0 Å². The fourth-order valence-corrected chi connectivity index (χ4v) is 3.48. The largest absolute Gasteiger partial charge is 0.492 e. The third kappa shape index (κ3) is 6.52. The quantitative estimate of drug-likeness (QED) is 0.415. The van der Waals surface area contributed by atoms with Crippen LogP contribution in [0.15, 0.2) is 67.0 Å². The van der Waals surface area contributed by atoms with Gasteiger partial charge in [-0.2, -0.15) is 0 Å². The Bertz CT molecular complexity index is 1010. The fraction of sp³-hybridized carbons (Fsp3) is 0.346. The highest BCUT2D eigenvalue weighted by atomic mass is 16.5. The Hall–Kier alpha value is -2.97. The zero-order valence-electron chi connectivity index (χ0n) is 19.4. The van der Waals surface area contributed by atoms with E-state index in [2.05, 4.69) is 17.1 Å². The van der Waals surface area contributed by atoms with Crippen molar-refractivity contribution >= 4 is 6.08 Å². The van der Waals surface area contributed by atoms with Gasteiger partial charge in [-0.1, -0.05) is 48.6 Å². The van der Waals surface area contributed by atoms with Gasteiger partial charge in [0, 0.05) is 12.4 Å². The predicted octanol–water partition coefficient (Wildman–Crippen LogP) is 3.15. The molecule has 0 bridgehead atoms. The van der Waals surface area contributed by atoms with Gasteiger partial charge >= 0.3 is 0 Å². The van der Waals surface area contributed by atoms with Crippen molar-refractivity contribution in [2.45, 2.75) is 25.1 Å². The van der Waals surface area contributed by atoms with Gasteiger partial charge in [-0.05, 0) is 49.8 Å². The van der Waals surface area contributed by atoms with Gasteiger partial charge in [-0.15, -0.1) is 0 Å². The van der Waals surface area contributed by atoms with Crippen LogP contribution in [-0.2, 0) is 0 Å². The molecule has 2 aromatic carbocycles. The lowest BCUT2D eigenvalue weighted by Crippen LogP contribution is -2.36. The molecular weight excluding hydrogens is 418 g/mol. The number of likely N-dealkylation sites (N-methyl/N-ethyl adjacent to an activating group) is 1. The molecule has 2 unspecified atom stereocenters. The van der Waals surface area contributed by atoms with E-state index >= 15 is 0 Å². The number of aliphatic hydroxyl groups is 3. The van der Waals surface area contributed by atoms with Crippen molar-refractivity contribution in [3.05, 3.63) is 78.4 Å². The molecule has 33 heavy (non-hydrogen) atoms. The number of ether oxygens (including phenoxy) is 1. The van der Waals surface area contributed by atoms with E-state index in [-0.39, 0.29) is 25.3 Å². The summed E-state index contributed by atoms with van der Waals surface area (Å²) in [5.74, 6) is 1.29. The number of hydrogen-bond acceptors (Lipinski definition) is 6. The predicted molar refractivity (Wildman–Crippen MR) is 130 cm³/mol. The fourth-order valence-electron chi connectivity index (χ4n) is 3.48. The minimum absolute atomic E-state index is 0.0388. The maximum absolute atomic E-state index is 9.86. The first-order valence-corrected chi connectivity index (χ1v) is 11.0. The molecule has 1 aromatic heterocycles. The zero-order chi connectivity index (χ0) is 23.8. The summed E-state index contributed by atoms with van der Waals surface area (Å²) in [4.78, 5) is 6.11. The lowest BCUT2D eigenvalue weighted by atomic mass is 10.0. The molecule has 7 nitrogen and oxygen atoms in total. The second-order valence-electron chi connectivity index (χ2n) is 8.24. The van der Waals surface area contributed by atoms with E-state index in [1.165, 1.54) is 0 Å². The smallest absolute Gasteiger partial charge is 0.137 e. The summed E-state index contributed by atoms with van der Waals surface area (Å²) in [6, 6.07) is 15.7. The van der Waals surface area contributed by atoms with Crippen LogP contribution in [0.2, 0.25) is 0 Å². The third-order valence-corrected chi connectivity index (χ3v) is 5.61. The van der Waals surface area contributed by atoms with E-state index in [0.717, 1.165) is 22.4 Å². The van der Waals surface area contributed by atoms with Crippen LogP contribution in [0.5, 0.6) is 5.75 Å². The van der Waals surface area contributed by atoms with Gasteiger partial charge < -0.3 is 29.5 Å². The maximum atomic E-state index is 9.86. The molecule has 3 atom stereocenters. The molecule has 0 fully saturated rings. The Morgan fingerprint density at radius 3 is 2.18 bits per heavy atom. The summed E-state index contributed by atoms with van der Waals surface area (Å²) in [5.41, 5.74) is 3.18. The lowest BCUT2D eigenvalue weighted by molar-refractivity contribution is 0.118. The van der Waals surface area contributed by atoms with Gasteiger partial charge in [0.2, 0.25) is 0 Å². The van der Waals surface area contributed by atoms with Crippen LogP contribution in [0.25, 0.3) is 17.2 Å². The maximum Gasteiger partial charge on any atom is 0.137 e. The molecule has 0 radical (unpaired) electrons. The first-order valence-electron chi connectivity index (χ1n) is 11.0. The van der Waals surface area contributed by atoms with Crippen molar-refractivity contribution in [3.8, 4) is 16.9 Å². The summed E-state index contributed by atoms with van der Waals surface area (Å²) in [6.07, 6.45) is 6.53. The highest BCUT2D eigenvalue weighted by Gasteiger charge is 2.14. The molecule has 7 heteroatoms. The summed E-state index contributed by atoms with van der Waals surface area (Å²) >= 11 is 0. The number of rotatable bonds is 11. The van der Waals surface area contributed by atoms with Crippen molar-refractivity contribution in [2.75, 3.05) is 33.9 Å². The van der Waals surface area contributed by atoms with Crippen LogP contribution in [0.3, 0.4) is 0 Å². The molecule has 1 heterocycles. The van der Waals surface area contributed by atoms with Crippen LogP contribution in [0.1, 0.15) is 30.5 Å². The number of benzene rings is 2. The number of nitrogens with zero attached hydrogens (tertiary/aromatic N) is 3. The highest BCUT2D eigenvalue weighted by molar-refractivity contribution is 5.66. The molecule has 0 saturated heterocycles. The van der Waals surface area contributed by atoms with Crippen molar-refractivity contribution in [1.82, 2.24) is 14.5 Å². The number of aliphatic hydroxyl groups excluding tert-OH is 3.